The quantitative estimate of drug-likeness (QED) is 0.823. The molecule has 3 rings (SSSR count). The molecule has 1 heterocycles. The van der Waals surface area contributed by atoms with E-state index in [0.29, 0.717) is 17.2 Å². The Bertz CT molecular complexity index is 516. The third-order valence-corrected chi connectivity index (χ3v) is 4.22. The number of aliphatic hydroxyl groups excluding tert-OH is 1. The first kappa shape index (κ1) is 12.4. The molecule has 2 amide bonds. The minimum absolute atomic E-state index is 0.0746. The van der Waals surface area contributed by atoms with Crippen molar-refractivity contribution in [1.82, 2.24) is 0 Å². The van der Waals surface area contributed by atoms with Crippen LogP contribution in [-0.2, 0) is 16.2 Å². The standard InChI is InChI=1S/C15H17NO3/c1-9-5-12-13(6-9)15(19)16(14(12)18)11-4-2-3-10(7-11)8-17/h2-4,7,9,12-13,17H,5-6,8H2,1H3. The zero-order valence-electron chi connectivity index (χ0n) is 10.9. The molecule has 1 aromatic carbocycles. The second-order valence-corrected chi connectivity index (χ2v) is 5.63. The summed E-state index contributed by atoms with van der Waals surface area (Å²) in [6.07, 6.45) is 1.62. The summed E-state index contributed by atoms with van der Waals surface area (Å²) in [5.74, 6) is 0.0262. The highest BCUT2D eigenvalue weighted by atomic mass is 16.3. The van der Waals surface area contributed by atoms with Crippen LogP contribution in [0.1, 0.15) is 25.3 Å². The van der Waals surface area contributed by atoms with Crippen LogP contribution in [0.2, 0.25) is 0 Å². The van der Waals surface area contributed by atoms with Gasteiger partial charge in [-0.3, -0.25) is 14.5 Å². The largest absolute Gasteiger partial charge is 0.392 e. The molecule has 1 aromatic rings. The van der Waals surface area contributed by atoms with E-state index in [-0.39, 0.29) is 30.3 Å². The first-order chi connectivity index (χ1) is 9.11. The van der Waals surface area contributed by atoms with Crippen LogP contribution in [0.15, 0.2) is 24.3 Å². The summed E-state index contributed by atoms with van der Waals surface area (Å²) in [6, 6.07) is 7.00. The first-order valence-corrected chi connectivity index (χ1v) is 6.69. The molecule has 100 valence electrons. The van der Waals surface area contributed by atoms with Crippen LogP contribution in [-0.4, -0.2) is 16.9 Å². The molecule has 4 nitrogen and oxygen atoms in total. The lowest BCUT2D eigenvalue weighted by Gasteiger charge is -2.17. The van der Waals surface area contributed by atoms with Crippen LogP contribution in [0.5, 0.6) is 0 Å². The van der Waals surface area contributed by atoms with E-state index in [4.69, 9.17) is 5.11 Å². The normalized spacial score (nSPS) is 30.0. The molecule has 0 bridgehead atoms. The second-order valence-electron chi connectivity index (χ2n) is 5.63. The zero-order valence-corrected chi connectivity index (χ0v) is 10.9. The zero-order chi connectivity index (χ0) is 13.6. The number of benzene rings is 1. The second kappa shape index (κ2) is 4.46. The Kier molecular flexibility index (Phi) is 2.90. The number of rotatable bonds is 2. The molecule has 2 aliphatic rings. The Morgan fingerprint density at radius 1 is 1.21 bits per heavy atom. The molecule has 0 spiro atoms. The highest BCUT2D eigenvalue weighted by Gasteiger charge is 2.52. The molecule has 4 heteroatoms. The predicted molar refractivity (Wildman–Crippen MR) is 70.2 cm³/mol. The Labute approximate surface area is 112 Å². The summed E-state index contributed by atoms with van der Waals surface area (Å²) in [5, 5.41) is 9.14. The lowest BCUT2D eigenvalue weighted by atomic mass is 10.00. The molecule has 19 heavy (non-hydrogen) atoms. The van der Waals surface area contributed by atoms with Crippen molar-refractivity contribution in [2.45, 2.75) is 26.4 Å². The van der Waals surface area contributed by atoms with Gasteiger partial charge in [-0.25, -0.2) is 0 Å². The molecule has 2 unspecified atom stereocenters. The Morgan fingerprint density at radius 2 is 1.84 bits per heavy atom. The lowest BCUT2D eigenvalue weighted by Crippen LogP contribution is -2.32. The number of amides is 2. The highest BCUT2D eigenvalue weighted by Crippen LogP contribution is 2.44. The molecule has 1 saturated carbocycles. The van der Waals surface area contributed by atoms with Crippen LogP contribution in [0.4, 0.5) is 5.69 Å². The fourth-order valence-corrected chi connectivity index (χ4v) is 3.33. The van der Waals surface area contributed by atoms with Crippen molar-refractivity contribution in [2.75, 3.05) is 4.90 Å². The van der Waals surface area contributed by atoms with Crippen LogP contribution in [0, 0.1) is 17.8 Å². The molecule has 1 aliphatic heterocycles. The average molecular weight is 259 g/mol. The number of imide groups is 1. The van der Waals surface area contributed by atoms with Gasteiger partial charge in [-0.15, -0.1) is 0 Å². The lowest BCUT2D eigenvalue weighted by molar-refractivity contribution is -0.123. The molecule has 1 saturated heterocycles. The number of carbonyl (C=O) groups is 2. The van der Waals surface area contributed by atoms with E-state index >= 15 is 0 Å². The molecule has 0 radical (unpaired) electrons. The van der Waals surface area contributed by atoms with Gasteiger partial charge in [0.15, 0.2) is 0 Å². The number of carbonyl (C=O) groups excluding carboxylic acids is 2. The predicted octanol–water partition coefficient (Wildman–Crippen LogP) is 1.71. The summed E-state index contributed by atoms with van der Waals surface area (Å²) in [7, 11) is 0. The SMILES string of the molecule is CC1CC2C(=O)N(c3cccc(CO)c3)C(=O)C2C1. The van der Waals surface area contributed by atoms with Gasteiger partial charge in [0.2, 0.25) is 11.8 Å². The Morgan fingerprint density at radius 3 is 2.42 bits per heavy atom. The summed E-state index contributed by atoms with van der Waals surface area (Å²) in [4.78, 5) is 26.1. The van der Waals surface area contributed by atoms with Crippen molar-refractivity contribution >= 4 is 17.5 Å². The number of fused-ring (bicyclic) bond motifs is 1. The average Bonchev–Trinajstić information content (AvgIpc) is 2.89. The van der Waals surface area contributed by atoms with E-state index in [1.807, 2.05) is 0 Å². The maximum absolute atomic E-state index is 12.4. The molecule has 1 aliphatic carbocycles. The summed E-state index contributed by atoms with van der Waals surface area (Å²) < 4.78 is 0. The fraction of sp³-hybridized carbons (Fsp3) is 0.467. The summed E-state index contributed by atoms with van der Waals surface area (Å²) >= 11 is 0. The van der Waals surface area contributed by atoms with Crippen molar-refractivity contribution in [3.8, 4) is 0 Å². The maximum Gasteiger partial charge on any atom is 0.237 e. The van der Waals surface area contributed by atoms with Gasteiger partial charge in [0.1, 0.15) is 0 Å². The van der Waals surface area contributed by atoms with Crippen molar-refractivity contribution in [1.29, 1.82) is 0 Å². The Balaban J connectivity index is 1.94. The smallest absolute Gasteiger partial charge is 0.237 e. The molecule has 2 fully saturated rings. The molecular weight excluding hydrogens is 242 g/mol. The van der Waals surface area contributed by atoms with E-state index in [9.17, 15) is 9.59 Å². The van der Waals surface area contributed by atoms with Gasteiger partial charge >= 0.3 is 0 Å². The van der Waals surface area contributed by atoms with Gasteiger partial charge < -0.3 is 5.11 Å². The number of aliphatic hydroxyl groups is 1. The maximum atomic E-state index is 12.4. The van der Waals surface area contributed by atoms with Crippen LogP contribution >= 0.6 is 0 Å². The number of hydrogen-bond acceptors (Lipinski definition) is 3. The highest BCUT2D eigenvalue weighted by molar-refractivity contribution is 6.22. The van der Waals surface area contributed by atoms with E-state index in [2.05, 4.69) is 6.92 Å². The van der Waals surface area contributed by atoms with Gasteiger partial charge in [0.05, 0.1) is 24.1 Å². The minimum atomic E-state index is -0.139. The summed E-state index contributed by atoms with van der Waals surface area (Å²) in [5.41, 5.74) is 1.30. The number of hydrogen-bond donors (Lipinski definition) is 1. The molecular formula is C15H17NO3. The van der Waals surface area contributed by atoms with E-state index < -0.39 is 0 Å². The minimum Gasteiger partial charge on any atom is -0.392 e. The molecule has 0 aromatic heterocycles. The van der Waals surface area contributed by atoms with Crippen molar-refractivity contribution in [3.63, 3.8) is 0 Å². The van der Waals surface area contributed by atoms with Crippen LogP contribution in [0.3, 0.4) is 0 Å². The third-order valence-electron chi connectivity index (χ3n) is 4.22. The van der Waals surface area contributed by atoms with E-state index in [1.165, 1.54) is 4.90 Å². The van der Waals surface area contributed by atoms with Gasteiger partial charge in [-0.1, -0.05) is 19.1 Å². The topological polar surface area (TPSA) is 57.6 Å². The Hall–Kier alpha value is -1.68. The van der Waals surface area contributed by atoms with Gasteiger partial charge in [0.25, 0.3) is 0 Å². The van der Waals surface area contributed by atoms with Gasteiger partial charge in [-0.05, 0) is 36.5 Å². The first-order valence-electron chi connectivity index (χ1n) is 6.69. The van der Waals surface area contributed by atoms with Crippen molar-refractivity contribution in [3.05, 3.63) is 29.8 Å². The molecule has 1 N–H and O–H groups in total. The van der Waals surface area contributed by atoms with E-state index in [0.717, 1.165) is 12.8 Å². The monoisotopic (exact) mass is 259 g/mol. The van der Waals surface area contributed by atoms with Crippen molar-refractivity contribution in [2.24, 2.45) is 17.8 Å². The van der Waals surface area contributed by atoms with Crippen LogP contribution < -0.4 is 4.90 Å². The molecule has 2 atom stereocenters. The fourth-order valence-electron chi connectivity index (χ4n) is 3.33. The van der Waals surface area contributed by atoms with Crippen LogP contribution in [0.25, 0.3) is 0 Å². The van der Waals surface area contributed by atoms with E-state index in [1.54, 1.807) is 24.3 Å². The van der Waals surface area contributed by atoms with Crippen molar-refractivity contribution < 1.29 is 14.7 Å². The van der Waals surface area contributed by atoms with Gasteiger partial charge in [-0.2, -0.15) is 0 Å². The number of nitrogens with zero attached hydrogens (tertiary/aromatic N) is 1. The summed E-state index contributed by atoms with van der Waals surface area (Å²) in [6.45, 7) is 2.00. The third kappa shape index (κ3) is 1.87. The number of anilines is 1. The van der Waals surface area contributed by atoms with Gasteiger partial charge in [0, 0.05) is 0 Å².